The third-order valence-electron chi connectivity index (χ3n) is 3.58. The highest BCUT2D eigenvalue weighted by molar-refractivity contribution is 7.89. The lowest BCUT2D eigenvalue weighted by Gasteiger charge is -2.08. The molecule has 0 aliphatic carbocycles. The van der Waals surface area contributed by atoms with Crippen molar-refractivity contribution in [3.63, 3.8) is 0 Å². The van der Waals surface area contributed by atoms with Gasteiger partial charge in [0, 0.05) is 12.1 Å². The van der Waals surface area contributed by atoms with Crippen molar-refractivity contribution in [2.75, 3.05) is 0 Å². The number of benzene rings is 2. The molecule has 1 N–H and O–H groups in total. The molecular formula is C18H21NO3S. The van der Waals surface area contributed by atoms with E-state index in [1.807, 2.05) is 24.3 Å². The Kier molecular flexibility index (Phi) is 5.69. The summed E-state index contributed by atoms with van der Waals surface area (Å²) in [5.41, 5.74) is 2.53. The molecule has 23 heavy (non-hydrogen) atoms. The van der Waals surface area contributed by atoms with E-state index in [2.05, 4.69) is 11.6 Å². The fourth-order valence-electron chi connectivity index (χ4n) is 2.26. The number of hydrogen-bond donors (Lipinski definition) is 1. The lowest BCUT2D eigenvalue weighted by Crippen LogP contribution is -2.23. The number of carbonyl (C=O) groups excluding carboxylic acids is 1. The summed E-state index contributed by atoms with van der Waals surface area (Å²) in [5, 5.41) is 0. The minimum Gasteiger partial charge on any atom is -0.295 e. The van der Waals surface area contributed by atoms with Crippen molar-refractivity contribution in [3.05, 3.63) is 65.2 Å². The van der Waals surface area contributed by atoms with Gasteiger partial charge in [-0.15, -0.1) is 0 Å². The summed E-state index contributed by atoms with van der Waals surface area (Å²) in [6.45, 7) is 3.76. The van der Waals surface area contributed by atoms with Crippen molar-refractivity contribution >= 4 is 15.8 Å². The maximum atomic E-state index is 12.3. The molecule has 0 saturated carbocycles. The van der Waals surface area contributed by atoms with Crippen LogP contribution in [0, 0.1) is 0 Å². The number of sulfonamides is 1. The monoisotopic (exact) mass is 331 g/mol. The van der Waals surface area contributed by atoms with Crippen LogP contribution in [0.1, 0.15) is 41.8 Å². The molecule has 0 aliphatic heterocycles. The molecule has 2 aromatic carbocycles. The lowest BCUT2D eigenvalue weighted by molar-refractivity contribution is 0.101. The Morgan fingerprint density at radius 2 is 1.70 bits per heavy atom. The second kappa shape index (κ2) is 7.53. The molecule has 0 radical (unpaired) electrons. The van der Waals surface area contributed by atoms with E-state index in [9.17, 15) is 13.2 Å². The van der Waals surface area contributed by atoms with Gasteiger partial charge in [-0.1, -0.05) is 49.7 Å². The minimum absolute atomic E-state index is 0.104. The van der Waals surface area contributed by atoms with E-state index in [1.165, 1.54) is 24.6 Å². The average molecular weight is 331 g/mol. The Morgan fingerprint density at radius 1 is 1.04 bits per heavy atom. The Bertz CT molecular complexity index is 780. The number of hydrogen-bond acceptors (Lipinski definition) is 3. The first-order valence-corrected chi connectivity index (χ1v) is 9.09. The van der Waals surface area contributed by atoms with Gasteiger partial charge in [0.25, 0.3) is 0 Å². The third-order valence-corrected chi connectivity index (χ3v) is 4.98. The number of aryl methyl sites for hydroxylation is 1. The zero-order valence-electron chi connectivity index (χ0n) is 13.4. The van der Waals surface area contributed by atoms with E-state index in [0.717, 1.165) is 18.4 Å². The van der Waals surface area contributed by atoms with Crippen LogP contribution in [-0.4, -0.2) is 14.2 Å². The highest BCUT2D eigenvalue weighted by Crippen LogP contribution is 2.13. The standard InChI is InChI=1S/C18H21NO3S/c1-3-5-15-8-10-16(11-9-15)13-19-23(21,22)18-7-4-6-17(12-18)14(2)20/h4,6-12,19H,3,5,13H2,1-2H3. The van der Waals surface area contributed by atoms with E-state index in [0.29, 0.717) is 5.56 Å². The summed E-state index contributed by atoms with van der Waals surface area (Å²) in [6, 6.07) is 14.0. The first-order valence-electron chi connectivity index (χ1n) is 7.61. The van der Waals surface area contributed by atoms with Crippen LogP contribution in [0.15, 0.2) is 53.4 Å². The topological polar surface area (TPSA) is 63.2 Å². The molecule has 122 valence electrons. The smallest absolute Gasteiger partial charge is 0.240 e. The van der Waals surface area contributed by atoms with Crippen molar-refractivity contribution in [2.24, 2.45) is 0 Å². The minimum atomic E-state index is -3.64. The van der Waals surface area contributed by atoms with Crippen molar-refractivity contribution < 1.29 is 13.2 Å². The summed E-state index contributed by atoms with van der Waals surface area (Å²) in [6.07, 6.45) is 2.10. The van der Waals surface area contributed by atoms with Crippen LogP contribution < -0.4 is 4.72 Å². The highest BCUT2D eigenvalue weighted by Gasteiger charge is 2.15. The van der Waals surface area contributed by atoms with E-state index >= 15 is 0 Å². The number of Topliss-reactive ketones (excluding diaryl/α,β-unsaturated/α-hetero) is 1. The second-order valence-corrected chi connectivity index (χ2v) is 7.24. The molecule has 0 spiro atoms. The predicted octanol–water partition coefficient (Wildman–Crippen LogP) is 3.32. The first-order chi connectivity index (χ1) is 10.9. The molecule has 0 saturated heterocycles. The van der Waals surface area contributed by atoms with Crippen LogP contribution in [0.25, 0.3) is 0 Å². The van der Waals surface area contributed by atoms with Gasteiger partial charge in [-0.25, -0.2) is 13.1 Å². The van der Waals surface area contributed by atoms with Crippen molar-refractivity contribution in [3.8, 4) is 0 Å². The van der Waals surface area contributed by atoms with E-state index in [4.69, 9.17) is 0 Å². The van der Waals surface area contributed by atoms with Crippen LogP contribution in [0.5, 0.6) is 0 Å². The Morgan fingerprint density at radius 3 is 2.30 bits per heavy atom. The summed E-state index contributed by atoms with van der Waals surface area (Å²) in [7, 11) is -3.64. The van der Waals surface area contributed by atoms with Crippen molar-refractivity contribution in [1.82, 2.24) is 4.72 Å². The van der Waals surface area contributed by atoms with Gasteiger partial charge in [-0.05, 0) is 36.6 Å². The number of nitrogens with one attached hydrogen (secondary N) is 1. The Labute approximate surface area is 137 Å². The normalized spacial score (nSPS) is 11.4. The van der Waals surface area contributed by atoms with Crippen molar-refractivity contribution in [2.45, 2.75) is 38.1 Å². The van der Waals surface area contributed by atoms with Crippen LogP contribution in [-0.2, 0) is 23.0 Å². The van der Waals surface area contributed by atoms with Crippen LogP contribution in [0.2, 0.25) is 0 Å². The predicted molar refractivity (Wildman–Crippen MR) is 90.9 cm³/mol. The quantitative estimate of drug-likeness (QED) is 0.792. The molecule has 0 unspecified atom stereocenters. The molecule has 0 amide bonds. The van der Waals surface area contributed by atoms with Gasteiger partial charge >= 0.3 is 0 Å². The summed E-state index contributed by atoms with van der Waals surface area (Å²) >= 11 is 0. The van der Waals surface area contributed by atoms with Gasteiger partial charge in [0.2, 0.25) is 10.0 Å². The van der Waals surface area contributed by atoms with Gasteiger partial charge < -0.3 is 0 Å². The molecule has 0 bridgehead atoms. The van der Waals surface area contributed by atoms with Gasteiger partial charge in [0.05, 0.1) is 4.90 Å². The van der Waals surface area contributed by atoms with Crippen molar-refractivity contribution in [1.29, 1.82) is 0 Å². The summed E-state index contributed by atoms with van der Waals surface area (Å²) < 4.78 is 27.2. The zero-order chi connectivity index (χ0) is 16.9. The molecule has 0 heterocycles. The zero-order valence-corrected chi connectivity index (χ0v) is 14.2. The number of carbonyl (C=O) groups is 1. The van der Waals surface area contributed by atoms with Gasteiger partial charge in [-0.3, -0.25) is 4.79 Å². The molecule has 4 nitrogen and oxygen atoms in total. The molecule has 0 atom stereocenters. The second-order valence-electron chi connectivity index (χ2n) is 5.48. The van der Waals surface area contributed by atoms with E-state index in [1.54, 1.807) is 12.1 Å². The van der Waals surface area contributed by atoms with Gasteiger partial charge in [0.15, 0.2) is 5.78 Å². The molecule has 0 fully saturated rings. The average Bonchev–Trinajstić information content (AvgIpc) is 2.55. The van der Waals surface area contributed by atoms with Gasteiger partial charge in [-0.2, -0.15) is 0 Å². The van der Waals surface area contributed by atoms with Crippen LogP contribution in [0.3, 0.4) is 0 Å². The fourth-order valence-corrected chi connectivity index (χ4v) is 3.32. The summed E-state index contributed by atoms with van der Waals surface area (Å²) in [4.78, 5) is 11.5. The maximum Gasteiger partial charge on any atom is 0.240 e. The largest absolute Gasteiger partial charge is 0.295 e. The highest BCUT2D eigenvalue weighted by atomic mass is 32.2. The molecule has 0 aromatic heterocycles. The van der Waals surface area contributed by atoms with Crippen LogP contribution >= 0.6 is 0 Å². The Balaban J connectivity index is 2.09. The maximum absolute atomic E-state index is 12.3. The Hall–Kier alpha value is -1.98. The lowest BCUT2D eigenvalue weighted by atomic mass is 10.1. The molecule has 0 aliphatic rings. The number of ketones is 1. The first kappa shape index (κ1) is 17.4. The fraction of sp³-hybridized carbons (Fsp3) is 0.278. The summed E-state index contributed by atoms with van der Waals surface area (Å²) in [5.74, 6) is -0.159. The molecular weight excluding hydrogens is 310 g/mol. The molecule has 2 aromatic rings. The van der Waals surface area contributed by atoms with E-state index < -0.39 is 10.0 Å². The SMILES string of the molecule is CCCc1ccc(CNS(=O)(=O)c2cccc(C(C)=O)c2)cc1. The number of rotatable bonds is 7. The third kappa shape index (κ3) is 4.74. The molecule has 5 heteroatoms. The van der Waals surface area contributed by atoms with E-state index in [-0.39, 0.29) is 17.2 Å². The van der Waals surface area contributed by atoms with Gasteiger partial charge in [0.1, 0.15) is 0 Å². The van der Waals surface area contributed by atoms with Crippen LogP contribution in [0.4, 0.5) is 0 Å². The molecule has 2 rings (SSSR count).